The Kier molecular flexibility index (Phi) is 5.71. The molecule has 26 heavy (non-hydrogen) atoms. The highest BCUT2D eigenvalue weighted by Crippen LogP contribution is 2.67. The lowest BCUT2D eigenvalue weighted by atomic mass is 9.71. The summed E-state index contributed by atoms with van der Waals surface area (Å²) in [7, 11) is -3.19. The van der Waals surface area contributed by atoms with Gasteiger partial charge in [0.15, 0.2) is 0 Å². The van der Waals surface area contributed by atoms with Gasteiger partial charge in [-0.2, -0.15) is 0 Å². The smallest absolute Gasteiger partial charge is 0.278 e. The van der Waals surface area contributed by atoms with Gasteiger partial charge in [0, 0.05) is 18.0 Å². The van der Waals surface area contributed by atoms with Gasteiger partial charge in [-0.1, -0.05) is 50.6 Å². The van der Waals surface area contributed by atoms with Crippen molar-refractivity contribution in [2.24, 2.45) is 11.8 Å². The Labute approximate surface area is 158 Å². The molecule has 1 aliphatic carbocycles. The molecule has 1 aromatic carbocycles. The van der Waals surface area contributed by atoms with Crippen LogP contribution in [0.15, 0.2) is 30.3 Å². The van der Waals surface area contributed by atoms with Gasteiger partial charge < -0.3 is 9.63 Å². The van der Waals surface area contributed by atoms with Crippen LogP contribution in [0.4, 0.5) is 0 Å². The minimum atomic E-state index is -3.19. The molecule has 1 aliphatic heterocycles. The third-order valence-electron chi connectivity index (χ3n) is 6.66. The molecule has 4 nitrogen and oxygen atoms in total. The van der Waals surface area contributed by atoms with Crippen LogP contribution in [0.25, 0.3) is 0 Å². The predicted molar refractivity (Wildman–Crippen MR) is 106 cm³/mol. The molecular weight excluding hydrogens is 345 g/mol. The predicted octanol–water partition coefficient (Wildman–Crippen LogP) is 5.24. The van der Waals surface area contributed by atoms with Crippen LogP contribution < -0.4 is 0 Å². The van der Waals surface area contributed by atoms with Crippen LogP contribution in [0.5, 0.6) is 0 Å². The van der Waals surface area contributed by atoms with Crippen molar-refractivity contribution in [1.29, 1.82) is 0 Å². The summed E-state index contributed by atoms with van der Waals surface area (Å²) in [5.41, 5.74) is 0.131. The first-order valence-corrected chi connectivity index (χ1v) is 11.7. The van der Waals surface area contributed by atoms with Gasteiger partial charge in [-0.05, 0) is 45.1 Å². The molecule has 0 amide bonds. The van der Waals surface area contributed by atoms with Crippen LogP contribution in [0, 0.1) is 11.8 Å². The van der Waals surface area contributed by atoms with Crippen LogP contribution in [0.3, 0.4) is 0 Å². The number of nitrogens with zero attached hydrogens (tertiary/aromatic N) is 1. The Morgan fingerprint density at radius 2 is 1.96 bits per heavy atom. The maximum absolute atomic E-state index is 14.2. The number of fused-ring (bicyclic) bond motifs is 1. The summed E-state index contributed by atoms with van der Waals surface area (Å²) in [6.07, 6.45) is 2.50. The number of hydrogen-bond donors (Lipinski definition) is 1. The Balaban J connectivity index is 1.96. The van der Waals surface area contributed by atoms with Crippen molar-refractivity contribution in [2.45, 2.75) is 77.3 Å². The molecule has 1 aromatic rings. The highest BCUT2D eigenvalue weighted by atomic mass is 31.2. The number of rotatable bonds is 4. The van der Waals surface area contributed by atoms with Gasteiger partial charge in [0.1, 0.15) is 0 Å². The molecule has 1 saturated heterocycles. The summed E-state index contributed by atoms with van der Waals surface area (Å²) in [5, 5.41) is 11.0. The first-order valence-electron chi connectivity index (χ1n) is 10.0. The summed E-state index contributed by atoms with van der Waals surface area (Å²) in [5.74, 6) is 0.991. The molecule has 2 aliphatic rings. The average molecular weight is 379 g/mol. The molecule has 3 rings (SSSR count). The molecule has 146 valence electrons. The van der Waals surface area contributed by atoms with Crippen molar-refractivity contribution < 1.29 is 14.2 Å². The molecule has 1 heterocycles. The molecule has 1 saturated carbocycles. The van der Waals surface area contributed by atoms with Crippen LogP contribution in [0.2, 0.25) is 0 Å². The Morgan fingerprint density at radius 1 is 1.31 bits per heavy atom. The fourth-order valence-corrected chi connectivity index (χ4v) is 8.24. The van der Waals surface area contributed by atoms with Gasteiger partial charge in [-0.15, -0.1) is 0 Å². The van der Waals surface area contributed by atoms with Crippen molar-refractivity contribution >= 4 is 7.52 Å². The average Bonchev–Trinajstić information content (AvgIpc) is 2.60. The van der Waals surface area contributed by atoms with Crippen LogP contribution in [0.1, 0.15) is 65.5 Å². The van der Waals surface area contributed by atoms with E-state index in [4.69, 9.17) is 4.52 Å². The molecule has 0 unspecified atom stereocenters. The second-order valence-electron chi connectivity index (χ2n) is 8.70. The molecule has 0 aromatic heterocycles. The third kappa shape index (κ3) is 3.30. The molecule has 0 spiro atoms. The van der Waals surface area contributed by atoms with Gasteiger partial charge in [-0.3, -0.25) is 4.57 Å². The Bertz CT molecular complexity index is 662. The van der Waals surface area contributed by atoms with E-state index < -0.39 is 19.3 Å². The zero-order valence-electron chi connectivity index (χ0n) is 16.8. The largest absolute Gasteiger partial charge is 0.388 e. The zero-order valence-corrected chi connectivity index (χ0v) is 17.7. The number of aliphatic hydroxyl groups is 1. The van der Waals surface area contributed by atoms with Crippen molar-refractivity contribution in [2.75, 3.05) is 6.54 Å². The van der Waals surface area contributed by atoms with Crippen molar-refractivity contribution in [3.63, 3.8) is 0 Å². The fourth-order valence-electron chi connectivity index (χ4n) is 5.08. The van der Waals surface area contributed by atoms with E-state index in [1.165, 1.54) is 6.42 Å². The Morgan fingerprint density at radius 3 is 2.58 bits per heavy atom. The van der Waals surface area contributed by atoms with E-state index in [1.807, 2.05) is 44.2 Å². The van der Waals surface area contributed by atoms with E-state index in [9.17, 15) is 9.67 Å². The van der Waals surface area contributed by atoms with Gasteiger partial charge in [0.05, 0.1) is 17.9 Å². The lowest BCUT2D eigenvalue weighted by molar-refractivity contribution is -0.0505. The van der Waals surface area contributed by atoms with Gasteiger partial charge in [0.25, 0.3) is 7.52 Å². The highest BCUT2D eigenvalue weighted by Gasteiger charge is 2.57. The van der Waals surface area contributed by atoms with Crippen molar-refractivity contribution in [3.8, 4) is 0 Å². The fraction of sp³-hybridized carbons (Fsp3) is 0.714. The lowest BCUT2D eigenvalue weighted by Crippen LogP contribution is -2.59. The second kappa shape index (κ2) is 7.39. The first-order chi connectivity index (χ1) is 12.2. The quantitative estimate of drug-likeness (QED) is 0.727. The minimum Gasteiger partial charge on any atom is -0.388 e. The van der Waals surface area contributed by atoms with Crippen molar-refractivity contribution in [1.82, 2.24) is 4.67 Å². The summed E-state index contributed by atoms with van der Waals surface area (Å²) in [4.78, 5) is 0. The SMILES string of the molecule is CCN1C(C)(C)[C@@H]2CC[C@@H](C)C[C@H]2O[P@@]1(=O)[C@@H](C)[C@@H](O)c1ccccc1. The van der Waals surface area contributed by atoms with Crippen LogP contribution in [-0.2, 0) is 9.09 Å². The second-order valence-corrected chi connectivity index (χ2v) is 11.3. The summed E-state index contributed by atoms with van der Waals surface area (Å²) in [6.45, 7) is 11.3. The van der Waals surface area contributed by atoms with E-state index >= 15 is 0 Å². The van der Waals surface area contributed by atoms with E-state index in [-0.39, 0.29) is 11.6 Å². The topological polar surface area (TPSA) is 49.8 Å². The molecular formula is C21H34NO3P. The van der Waals surface area contributed by atoms with Crippen LogP contribution in [-0.4, -0.2) is 33.6 Å². The number of benzene rings is 1. The molecule has 5 heteroatoms. The summed E-state index contributed by atoms with van der Waals surface area (Å²) in [6, 6.07) is 9.52. The Hall–Kier alpha value is -0.670. The normalized spacial score (nSPS) is 36.9. The number of hydrogen-bond acceptors (Lipinski definition) is 3. The van der Waals surface area contributed by atoms with E-state index in [1.54, 1.807) is 0 Å². The van der Waals surface area contributed by atoms with E-state index in [0.717, 1.165) is 18.4 Å². The van der Waals surface area contributed by atoms with Gasteiger partial charge in [0.2, 0.25) is 0 Å². The molecule has 0 radical (unpaired) electrons. The minimum absolute atomic E-state index is 0.0211. The monoisotopic (exact) mass is 379 g/mol. The standard InChI is InChI=1S/C21H34NO3P/c1-6-22-21(4,5)18-13-12-15(2)14-19(18)25-26(22,24)16(3)20(23)17-10-8-7-9-11-17/h7-11,15-16,18-20,23H,6,12-14H2,1-5H3/t15-,16+,18-,19-,20-,26+/m1/s1. The van der Waals surface area contributed by atoms with Gasteiger partial charge >= 0.3 is 0 Å². The maximum Gasteiger partial charge on any atom is 0.278 e. The molecule has 0 bridgehead atoms. The maximum atomic E-state index is 14.2. The number of aliphatic hydroxyl groups excluding tert-OH is 1. The third-order valence-corrected chi connectivity index (χ3v) is 10.0. The molecule has 6 atom stereocenters. The summed E-state index contributed by atoms with van der Waals surface area (Å²) < 4.78 is 22.7. The van der Waals surface area contributed by atoms with Crippen molar-refractivity contribution in [3.05, 3.63) is 35.9 Å². The highest BCUT2D eigenvalue weighted by molar-refractivity contribution is 7.57. The molecule has 2 fully saturated rings. The van der Waals surface area contributed by atoms with Crippen LogP contribution >= 0.6 is 7.52 Å². The van der Waals surface area contributed by atoms with E-state index in [2.05, 4.69) is 25.4 Å². The van der Waals surface area contributed by atoms with Gasteiger partial charge in [-0.25, -0.2) is 4.67 Å². The molecule has 1 N–H and O–H groups in total. The summed E-state index contributed by atoms with van der Waals surface area (Å²) >= 11 is 0. The lowest BCUT2D eigenvalue weighted by Gasteiger charge is -2.57. The van der Waals surface area contributed by atoms with E-state index in [0.29, 0.717) is 18.4 Å². The zero-order chi connectivity index (χ0) is 19.1. The first kappa shape index (κ1) is 20.1.